The number of ketones is 1. The second kappa shape index (κ2) is 7.57. The van der Waals surface area contributed by atoms with Crippen LogP contribution in [0.15, 0.2) is 46.2 Å². The molecule has 2 aliphatic rings. The molecule has 1 aromatic carbocycles. The van der Waals surface area contributed by atoms with Crippen LogP contribution in [0.4, 0.5) is 5.69 Å². The van der Waals surface area contributed by atoms with E-state index < -0.39 is 15.6 Å². The van der Waals surface area contributed by atoms with Gasteiger partial charge in [-0.3, -0.25) is 14.4 Å². The number of aryl methyl sites for hydroxylation is 1. The lowest BCUT2D eigenvalue weighted by Gasteiger charge is -2.18. The van der Waals surface area contributed by atoms with E-state index in [9.17, 15) is 22.8 Å². The van der Waals surface area contributed by atoms with Gasteiger partial charge in [-0.1, -0.05) is 0 Å². The first-order valence-corrected chi connectivity index (χ1v) is 11.0. The number of nitrogens with one attached hydrogen (secondary N) is 1. The lowest BCUT2D eigenvalue weighted by molar-refractivity contribution is -0.116. The van der Waals surface area contributed by atoms with Gasteiger partial charge in [0.1, 0.15) is 0 Å². The van der Waals surface area contributed by atoms with Crippen molar-refractivity contribution in [3.05, 3.63) is 58.0 Å². The van der Waals surface area contributed by atoms with Crippen molar-refractivity contribution in [3.8, 4) is 0 Å². The molecule has 29 heavy (non-hydrogen) atoms. The third kappa shape index (κ3) is 3.88. The van der Waals surface area contributed by atoms with E-state index in [1.165, 1.54) is 22.6 Å². The van der Waals surface area contributed by atoms with Crippen molar-refractivity contribution in [1.82, 2.24) is 8.87 Å². The van der Waals surface area contributed by atoms with Gasteiger partial charge in [0.15, 0.2) is 5.78 Å². The summed E-state index contributed by atoms with van der Waals surface area (Å²) in [5.41, 5.74) is 1.53. The zero-order valence-electron chi connectivity index (χ0n) is 15.8. The molecule has 0 radical (unpaired) electrons. The van der Waals surface area contributed by atoms with E-state index in [4.69, 9.17) is 0 Å². The summed E-state index contributed by atoms with van der Waals surface area (Å²) in [4.78, 5) is 36.4. The molecule has 0 unspecified atom stereocenters. The number of sulfonamides is 1. The molecule has 0 bridgehead atoms. The van der Waals surface area contributed by atoms with Gasteiger partial charge < -0.3 is 9.88 Å². The number of Topliss-reactive ketones (excluding diaryl/α,β-unsaturated/α-hetero) is 1. The molecule has 1 saturated heterocycles. The quantitative estimate of drug-likeness (QED) is 0.743. The minimum absolute atomic E-state index is 0.0138. The van der Waals surface area contributed by atoms with Crippen LogP contribution in [0.1, 0.15) is 35.2 Å². The highest BCUT2D eigenvalue weighted by atomic mass is 32.2. The number of pyridine rings is 1. The van der Waals surface area contributed by atoms with Gasteiger partial charge in [-0.25, -0.2) is 8.42 Å². The van der Waals surface area contributed by atoms with Crippen LogP contribution in [0.25, 0.3) is 0 Å². The standard InChI is InChI=1S/C20H21N3O5S/c24-18(15-3-6-17-14(11-15)4-7-19(25)21-17)13-22-12-16(5-8-20(22)26)29(27,28)23-9-1-2-10-23/h3,5-6,8,11-12H,1-2,4,7,9-10,13H2,(H,21,25). The predicted molar refractivity (Wildman–Crippen MR) is 106 cm³/mol. The predicted octanol–water partition coefficient (Wildman–Crippen LogP) is 1.40. The van der Waals surface area contributed by atoms with Crippen molar-refractivity contribution in [2.75, 3.05) is 18.4 Å². The first-order valence-electron chi connectivity index (χ1n) is 9.51. The van der Waals surface area contributed by atoms with Crippen LogP contribution in [-0.4, -0.2) is 42.1 Å². The largest absolute Gasteiger partial charge is 0.326 e. The molecule has 2 aromatic rings. The van der Waals surface area contributed by atoms with E-state index in [2.05, 4.69) is 5.32 Å². The Morgan fingerprint density at radius 2 is 1.79 bits per heavy atom. The lowest BCUT2D eigenvalue weighted by atomic mass is 9.99. The summed E-state index contributed by atoms with van der Waals surface area (Å²) in [5.74, 6) is -0.360. The third-order valence-electron chi connectivity index (χ3n) is 5.30. The number of fused-ring (bicyclic) bond motifs is 1. The summed E-state index contributed by atoms with van der Waals surface area (Å²) in [6.45, 7) is 0.672. The zero-order chi connectivity index (χ0) is 20.6. The van der Waals surface area contributed by atoms with Crippen LogP contribution in [-0.2, 0) is 27.8 Å². The van der Waals surface area contributed by atoms with Gasteiger partial charge in [0.05, 0.1) is 11.4 Å². The number of nitrogens with zero attached hydrogens (tertiary/aromatic N) is 2. The molecule has 1 aromatic heterocycles. The van der Waals surface area contributed by atoms with Crippen molar-refractivity contribution in [3.63, 3.8) is 0 Å². The average Bonchev–Trinajstić information content (AvgIpc) is 3.25. The number of rotatable bonds is 5. The number of hydrogen-bond donors (Lipinski definition) is 1. The van der Waals surface area contributed by atoms with Crippen LogP contribution in [0.2, 0.25) is 0 Å². The van der Waals surface area contributed by atoms with Crippen LogP contribution < -0.4 is 10.9 Å². The Bertz CT molecular complexity index is 1150. The maximum Gasteiger partial charge on any atom is 0.251 e. The van der Waals surface area contributed by atoms with Crippen molar-refractivity contribution >= 4 is 27.4 Å². The van der Waals surface area contributed by atoms with Crippen LogP contribution >= 0.6 is 0 Å². The monoisotopic (exact) mass is 415 g/mol. The smallest absolute Gasteiger partial charge is 0.251 e. The molecule has 4 rings (SSSR count). The molecule has 3 heterocycles. The average molecular weight is 415 g/mol. The molecule has 152 valence electrons. The number of benzene rings is 1. The highest BCUT2D eigenvalue weighted by Gasteiger charge is 2.28. The van der Waals surface area contributed by atoms with E-state index in [0.29, 0.717) is 37.2 Å². The molecule has 0 saturated carbocycles. The van der Waals surface area contributed by atoms with Crippen LogP contribution in [0.5, 0.6) is 0 Å². The SMILES string of the molecule is O=C1CCc2cc(C(=O)Cn3cc(S(=O)(=O)N4CCCC4)ccc3=O)ccc2N1. The molecular weight excluding hydrogens is 394 g/mol. The first-order chi connectivity index (χ1) is 13.8. The topological polar surface area (TPSA) is 106 Å². The maximum absolute atomic E-state index is 12.7. The van der Waals surface area contributed by atoms with Crippen molar-refractivity contribution in [2.45, 2.75) is 37.1 Å². The minimum atomic E-state index is -3.67. The molecule has 1 amide bonds. The molecule has 1 fully saturated rings. The third-order valence-corrected chi connectivity index (χ3v) is 7.18. The number of amides is 1. The van der Waals surface area contributed by atoms with Crippen molar-refractivity contribution in [1.29, 1.82) is 0 Å². The Balaban J connectivity index is 1.59. The number of carbonyl (C=O) groups is 2. The molecule has 9 heteroatoms. The summed E-state index contributed by atoms with van der Waals surface area (Å²) in [5, 5.41) is 2.76. The summed E-state index contributed by atoms with van der Waals surface area (Å²) in [6, 6.07) is 7.46. The van der Waals surface area contributed by atoms with Crippen LogP contribution in [0, 0.1) is 0 Å². The number of aromatic nitrogens is 1. The van der Waals surface area contributed by atoms with Crippen LogP contribution in [0.3, 0.4) is 0 Å². The lowest BCUT2D eigenvalue weighted by Crippen LogP contribution is -2.30. The van der Waals surface area contributed by atoms with E-state index in [1.54, 1.807) is 18.2 Å². The summed E-state index contributed by atoms with van der Waals surface area (Å²) >= 11 is 0. The van der Waals surface area contributed by atoms with Gasteiger partial charge in [-0.05, 0) is 49.1 Å². The summed E-state index contributed by atoms with van der Waals surface area (Å²) < 4.78 is 28.0. The van der Waals surface area contributed by atoms with E-state index in [1.807, 2.05) is 0 Å². The fraction of sp³-hybridized carbons (Fsp3) is 0.350. The highest BCUT2D eigenvalue weighted by molar-refractivity contribution is 7.89. The second-order valence-corrected chi connectivity index (χ2v) is 9.22. The van der Waals surface area contributed by atoms with E-state index in [-0.39, 0.29) is 23.1 Å². The molecule has 1 N–H and O–H groups in total. The second-order valence-electron chi connectivity index (χ2n) is 7.29. The Morgan fingerprint density at radius 1 is 1.03 bits per heavy atom. The number of anilines is 1. The molecule has 0 spiro atoms. The number of carbonyl (C=O) groups excluding carboxylic acids is 2. The number of hydrogen-bond acceptors (Lipinski definition) is 5. The molecule has 2 aliphatic heterocycles. The Kier molecular flexibility index (Phi) is 5.10. The van der Waals surface area contributed by atoms with Crippen molar-refractivity contribution in [2.24, 2.45) is 0 Å². The van der Waals surface area contributed by atoms with Gasteiger partial charge in [-0.2, -0.15) is 4.31 Å². The molecular formula is C20H21N3O5S. The van der Waals surface area contributed by atoms with Gasteiger partial charge in [-0.15, -0.1) is 0 Å². The maximum atomic E-state index is 12.7. The molecule has 8 nitrogen and oxygen atoms in total. The summed E-state index contributed by atoms with van der Waals surface area (Å²) in [7, 11) is -3.67. The normalized spacial score (nSPS) is 17.0. The van der Waals surface area contributed by atoms with E-state index >= 15 is 0 Å². The Hall–Kier alpha value is -2.78. The van der Waals surface area contributed by atoms with Gasteiger partial charge in [0.25, 0.3) is 5.56 Å². The van der Waals surface area contributed by atoms with Gasteiger partial charge >= 0.3 is 0 Å². The fourth-order valence-electron chi connectivity index (χ4n) is 3.67. The van der Waals surface area contributed by atoms with E-state index in [0.717, 1.165) is 23.0 Å². The molecule has 0 aliphatic carbocycles. The van der Waals surface area contributed by atoms with Gasteiger partial charge in [0, 0.05) is 43.0 Å². The summed E-state index contributed by atoms with van der Waals surface area (Å²) in [6.07, 6.45) is 3.78. The fourth-order valence-corrected chi connectivity index (χ4v) is 5.20. The highest BCUT2D eigenvalue weighted by Crippen LogP contribution is 2.24. The zero-order valence-corrected chi connectivity index (χ0v) is 16.6. The molecule has 0 atom stereocenters. The van der Waals surface area contributed by atoms with Gasteiger partial charge in [0.2, 0.25) is 15.9 Å². The minimum Gasteiger partial charge on any atom is -0.326 e. The Labute approximate surface area is 168 Å². The Morgan fingerprint density at radius 3 is 2.55 bits per heavy atom. The first kappa shape index (κ1) is 19.5. The van der Waals surface area contributed by atoms with Crippen molar-refractivity contribution < 1.29 is 18.0 Å².